The molecule has 0 bridgehead atoms. The fourth-order valence-corrected chi connectivity index (χ4v) is 2.59. The van der Waals surface area contributed by atoms with Crippen LogP contribution in [0, 0.1) is 13.8 Å². The molecule has 4 nitrogen and oxygen atoms in total. The summed E-state index contributed by atoms with van der Waals surface area (Å²) in [6, 6.07) is 20.3. The molecule has 0 aromatic heterocycles. The van der Waals surface area contributed by atoms with Crippen LogP contribution in [0.4, 0.5) is 5.69 Å². The van der Waals surface area contributed by atoms with Crippen molar-refractivity contribution in [2.75, 3.05) is 11.9 Å². The molecule has 0 unspecified atom stereocenters. The third-order valence-electron chi connectivity index (χ3n) is 3.86. The maximum absolute atomic E-state index is 12.1. The molecule has 27 heavy (non-hydrogen) atoms. The van der Waals surface area contributed by atoms with Crippen LogP contribution in [0.25, 0.3) is 0 Å². The summed E-state index contributed by atoms with van der Waals surface area (Å²) in [7, 11) is 0. The van der Waals surface area contributed by atoms with Crippen LogP contribution < -0.4 is 14.8 Å². The number of anilines is 1. The van der Waals surface area contributed by atoms with Crippen molar-refractivity contribution in [3.8, 4) is 17.2 Å². The average molecular weight is 382 g/mol. The lowest BCUT2D eigenvalue weighted by Crippen LogP contribution is -2.20. The molecule has 1 amide bonds. The van der Waals surface area contributed by atoms with Gasteiger partial charge in [-0.05, 0) is 79.6 Å². The molecule has 0 saturated heterocycles. The van der Waals surface area contributed by atoms with Gasteiger partial charge in [-0.15, -0.1) is 0 Å². The SMILES string of the molecule is Cc1cccc(Oc2ccc(NC(=O)COc3ccc(Cl)c(C)c3)cc2)c1. The minimum atomic E-state index is -0.241. The number of ether oxygens (including phenoxy) is 2. The highest BCUT2D eigenvalue weighted by atomic mass is 35.5. The number of aryl methyl sites for hydroxylation is 2. The summed E-state index contributed by atoms with van der Waals surface area (Å²) in [4.78, 5) is 12.1. The van der Waals surface area contributed by atoms with E-state index in [1.54, 1.807) is 42.5 Å². The minimum Gasteiger partial charge on any atom is -0.484 e. The molecule has 3 rings (SSSR count). The number of hydrogen-bond donors (Lipinski definition) is 1. The van der Waals surface area contributed by atoms with Gasteiger partial charge in [0.1, 0.15) is 17.2 Å². The molecule has 3 aromatic carbocycles. The zero-order valence-corrected chi connectivity index (χ0v) is 15.9. The van der Waals surface area contributed by atoms with Crippen molar-refractivity contribution >= 4 is 23.2 Å². The Morgan fingerprint density at radius 2 is 1.67 bits per heavy atom. The van der Waals surface area contributed by atoms with E-state index in [0.717, 1.165) is 16.9 Å². The normalized spacial score (nSPS) is 10.3. The second-order valence-corrected chi connectivity index (χ2v) is 6.60. The topological polar surface area (TPSA) is 47.6 Å². The zero-order chi connectivity index (χ0) is 19.2. The van der Waals surface area contributed by atoms with Crippen molar-refractivity contribution < 1.29 is 14.3 Å². The Balaban J connectivity index is 1.52. The van der Waals surface area contributed by atoms with Crippen LogP contribution in [0.2, 0.25) is 5.02 Å². The zero-order valence-electron chi connectivity index (χ0n) is 15.2. The van der Waals surface area contributed by atoms with Gasteiger partial charge in [-0.2, -0.15) is 0 Å². The first kappa shape index (κ1) is 18.8. The number of amides is 1. The molecule has 1 N–H and O–H groups in total. The number of rotatable bonds is 6. The highest BCUT2D eigenvalue weighted by Crippen LogP contribution is 2.24. The van der Waals surface area contributed by atoms with Crippen LogP contribution in [0.15, 0.2) is 66.7 Å². The predicted molar refractivity (Wildman–Crippen MR) is 108 cm³/mol. The quantitative estimate of drug-likeness (QED) is 0.589. The van der Waals surface area contributed by atoms with Crippen LogP contribution in [-0.4, -0.2) is 12.5 Å². The Morgan fingerprint density at radius 3 is 2.37 bits per heavy atom. The van der Waals surface area contributed by atoms with Gasteiger partial charge < -0.3 is 14.8 Å². The van der Waals surface area contributed by atoms with Crippen LogP contribution in [-0.2, 0) is 4.79 Å². The first-order valence-electron chi connectivity index (χ1n) is 8.53. The van der Waals surface area contributed by atoms with Crippen molar-refractivity contribution in [3.05, 3.63) is 82.9 Å². The molecule has 0 aliphatic rings. The summed E-state index contributed by atoms with van der Waals surface area (Å²) in [6.45, 7) is 3.82. The number of benzene rings is 3. The second kappa shape index (κ2) is 8.60. The molecule has 0 saturated carbocycles. The van der Waals surface area contributed by atoms with Crippen LogP contribution in [0.1, 0.15) is 11.1 Å². The Labute approximate surface area is 163 Å². The van der Waals surface area contributed by atoms with Crippen molar-refractivity contribution in [3.63, 3.8) is 0 Å². The van der Waals surface area contributed by atoms with Crippen LogP contribution in [0.5, 0.6) is 17.2 Å². The summed E-state index contributed by atoms with van der Waals surface area (Å²) in [5.41, 5.74) is 2.71. The molecule has 5 heteroatoms. The van der Waals surface area contributed by atoms with Gasteiger partial charge in [0, 0.05) is 10.7 Å². The number of carbonyl (C=O) groups is 1. The van der Waals surface area contributed by atoms with Crippen molar-refractivity contribution in [2.24, 2.45) is 0 Å². The molecular weight excluding hydrogens is 362 g/mol. The van der Waals surface area contributed by atoms with E-state index in [9.17, 15) is 4.79 Å². The number of carbonyl (C=O) groups excluding carboxylic acids is 1. The summed E-state index contributed by atoms with van der Waals surface area (Å²) >= 11 is 5.98. The van der Waals surface area contributed by atoms with E-state index < -0.39 is 0 Å². The van der Waals surface area contributed by atoms with E-state index in [0.29, 0.717) is 22.2 Å². The lowest BCUT2D eigenvalue weighted by atomic mass is 10.2. The molecule has 0 aliphatic heterocycles. The third-order valence-corrected chi connectivity index (χ3v) is 4.29. The smallest absolute Gasteiger partial charge is 0.262 e. The summed E-state index contributed by atoms with van der Waals surface area (Å²) in [6.07, 6.45) is 0. The Bertz CT molecular complexity index is 939. The molecule has 0 aliphatic carbocycles. The first-order chi connectivity index (χ1) is 13.0. The summed E-state index contributed by atoms with van der Waals surface area (Å²) < 4.78 is 11.3. The summed E-state index contributed by atoms with van der Waals surface area (Å²) in [5, 5.41) is 3.46. The Kier molecular flexibility index (Phi) is 5.99. The van der Waals surface area contributed by atoms with Gasteiger partial charge in [0.2, 0.25) is 0 Å². The Hall–Kier alpha value is -2.98. The van der Waals surface area contributed by atoms with E-state index in [-0.39, 0.29) is 12.5 Å². The van der Waals surface area contributed by atoms with Gasteiger partial charge in [0.05, 0.1) is 0 Å². The molecule has 0 radical (unpaired) electrons. The number of nitrogens with one attached hydrogen (secondary N) is 1. The third kappa shape index (κ3) is 5.50. The Morgan fingerprint density at radius 1 is 0.926 bits per heavy atom. The van der Waals surface area contributed by atoms with Gasteiger partial charge in [-0.1, -0.05) is 23.7 Å². The standard InChI is InChI=1S/C22H20ClNO3/c1-15-4-3-5-20(12-15)27-18-8-6-17(7-9-18)24-22(25)14-26-19-10-11-21(23)16(2)13-19/h3-13H,14H2,1-2H3,(H,24,25). The van der Waals surface area contributed by atoms with Gasteiger partial charge >= 0.3 is 0 Å². The molecule has 0 spiro atoms. The lowest BCUT2D eigenvalue weighted by Gasteiger charge is -2.10. The summed E-state index contributed by atoms with van der Waals surface area (Å²) in [5.74, 6) is 1.84. The van der Waals surface area contributed by atoms with E-state index in [1.165, 1.54) is 0 Å². The van der Waals surface area contributed by atoms with Crippen molar-refractivity contribution in [1.29, 1.82) is 0 Å². The highest BCUT2D eigenvalue weighted by molar-refractivity contribution is 6.31. The number of hydrogen-bond acceptors (Lipinski definition) is 3. The second-order valence-electron chi connectivity index (χ2n) is 6.19. The van der Waals surface area contributed by atoms with E-state index in [2.05, 4.69) is 5.32 Å². The lowest BCUT2D eigenvalue weighted by molar-refractivity contribution is -0.118. The molecule has 0 atom stereocenters. The maximum atomic E-state index is 12.1. The molecule has 0 fully saturated rings. The van der Waals surface area contributed by atoms with E-state index in [1.807, 2.05) is 38.1 Å². The molecule has 0 heterocycles. The fraction of sp³-hybridized carbons (Fsp3) is 0.136. The largest absolute Gasteiger partial charge is 0.484 e. The predicted octanol–water partition coefficient (Wildman–Crippen LogP) is 5.77. The van der Waals surface area contributed by atoms with Crippen LogP contribution >= 0.6 is 11.6 Å². The fourth-order valence-electron chi connectivity index (χ4n) is 2.47. The van der Waals surface area contributed by atoms with Crippen molar-refractivity contribution in [2.45, 2.75) is 13.8 Å². The van der Waals surface area contributed by atoms with Gasteiger partial charge in [0.25, 0.3) is 5.91 Å². The molecular formula is C22H20ClNO3. The monoisotopic (exact) mass is 381 g/mol. The molecule has 3 aromatic rings. The maximum Gasteiger partial charge on any atom is 0.262 e. The van der Waals surface area contributed by atoms with Gasteiger partial charge in [-0.3, -0.25) is 4.79 Å². The van der Waals surface area contributed by atoms with Crippen molar-refractivity contribution in [1.82, 2.24) is 0 Å². The highest BCUT2D eigenvalue weighted by Gasteiger charge is 2.06. The van der Waals surface area contributed by atoms with Gasteiger partial charge in [0.15, 0.2) is 6.61 Å². The number of halogens is 1. The van der Waals surface area contributed by atoms with E-state index >= 15 is 0 Å². The van der Waals surface area contributed by atoms with Gasteiger partial charge in [-0.25, -0.2) is 0 Å². The minimum absolute atomic E-state index is 0.0807. The molecule has 138 valence electrons. The van der Waals surface area contributed by atoms with E-state index in [4.69, 9.17) is 21.1 Å². The first-order valence-corrected chi connectivity index (χ1v) is 8.91. The average Bonchev–Trinajstić information content (AvgIpc) is 2.64. The van der Waals surface area contributed by atoms with Crippen LogP contribution in [0.3, 0.4) is 0 Å².